The van der Waals surface area contributed by atoms with Crippen LogP contribution in [0.1, 0.15) is 28.8 Å². The standard InChI is InChI=1S/C17H17N3O2/c1-11-5-3-4-6-14(11)19-16(21)8-7-15-13(10-18)12(2)9-17(22)20-15/h3-6,9H,7-8H2,1-2H3,(H,19,21)(H,20,22). The molecule has 0 aliphatic carbocycles. The highest BCUT2D eigenvalue weighted by Gasteiger charge is 2.10. The van der Waals surface area contributed by atoms with Crippen LogP contribution in [0.25, 0.3) is 0 Å². The fourth-order valence-corrected chi connectivity index (χ4v) is 2.26. The normalized spacial score (nSPS) is 10.0. The lowest BCUT2D eigenvalue weighted by Crippen LogP contribution is -2.16. The van der Waals surface area contributed by atoms with Crippen LogP contribution in [0, 0.1) is 25.2 Å². The predicted molar refractivity (Wildman–Crippen MR) is 84.6 cm³/mol. The number of aromatic nitrogens is 1. The molecule has 1 heterocycles. The Morgan fingerprint density at radius 1 is 1.27 bits per heavy atom. The van der Waals surface area contributed by atoms with Gasteiger partial charge in [-0.15, -0.1) is 0 Å². The maximum atomic E-state index is 12.0. The summed E-state index contributed by atoms with van der Waals surface area (Å²) < 4.78 is 0. The number of anilines is 1. The van der Waals surface area contributed by atoms with Crippen LogP contribution in [0.2, 0.25) is 0 Å². The number of pyridine rings is 1. The van der Waals surface area contributed by atoms with E-state index in [0.29, 0.717) is 23.2 Å². The second-order valence-electron chi connectivity index (χ2n) is 5.15. The summed E-state index contributed by atoms with van der Waals surface area (Å²) in [5, 5.41) is 12.0. The highest BCUT2D eigenvalue weighted by atomic mass is 16.1. The first-order chi connectivity index (χ1) is 10.5. The largest absolute Gasteiger partial charge is 0.326 e. The highest BCUT2D eigenvalue weighted by Crippen LogP contribution is 2.14. The van der Waals surface area contributed by atoms with Crippen LogP contribution in [0.15, 0.2) is 35.1 Å². The smallest absolute Gasteiger partial charge is 0.248 e. The minimum Gasteiger partial charge on any atom is -0.326 e. The van der Waals surface area contributed by atoms with E-state index in [0.717, 1.165) is 11.3 Å². The summed E-state index contributed by atoms with van der Waals surface area (Å²) in [4.78, 5) is 26.2. The molecule has 0 spiro atoms. The Bertz CT molecular complexity index is 800. The molecular formula is C17H17N3O2. The number of nitrogens with one attached hydrogen (secondary N) is 2. The summed E-state index contributed by atoms with van der Waals surface area (Å²) in [5.41, 5.74) is 3.06. The van der Waals surface area contributed by atoms with Crippen molar-refractivity contribution in [3.05, 3.63) is 63.1 Å². The first-order valence-corrected chi connectivity index (χ1v) is 6.99. The Morgan fingerprint density at radius 3 is 2.68 bits per heavy atom. The number of nitriles is 1. The SMILES string of the molecule is Cc1ccccc1NC(=O)CCc1[nH]c(=O)cc(C)c1C#N. The van der Waals surface area contributed by atoms with Crippen molar-refractivity contribution in [2.45, 2.75) is 26.7 Å². The van der Waals surface area contributed by atoms with E-state index in [2.05, 4.69) is 16.4 Å². The van der Waals surface area contributed by atoms with Crippen LogP contribution in [-0.2, 0) is 11.2 Å². The summed E-state index contributed by atoms with van der Waals surface area (Å²) in [6.07, 6.45) is 0.514. The maximum absolute atomic E-state index is 12.0. The van der Waals surface area contributed by atoms with Crippen LogP contribution in [0.4, 0.5) is 5.69 Å². The molecule has 2 aromatic rings. The minimum absolute atomic E-state index is 0.152. The molecule has 0 atom stereocenters. The van der Waals surface area contributed by atoms with Crippen molar-refractivity contribution in [3.63, 3.8) is 0 Å². The molecular weight excluding hydrogens is 278 g/mol. The van der Waals surface area contributed by atoms with Crippen molar-refractivity contribution in [1.82, 2.24) is 4.98 Å². The van der Waals surface area contributed by atoms with E-state index in [9.17, 15) is 9.59 Å². The Balaban J connectivity index is 2.08. The van der Waals surface area contributed by atoms with E-state index < -0.39 is 0 Å². The van der Waals surface area contributed by atoms with Gasteiger partial charge in [-0.25, -0.2) is 0 Å². The van der Waals surface area contributed by atoms with E-state index in [-0.39, 0.29) is 17.9 Å². The number of amides is 1. The first kappa shape index (κ1) is 15.5. The second-order valence-corrected chi connectivity index (χ2v) is 5.15. The quantitative estimate of drug-likeness (QED) is 0.908. The Hall–Kier alpha value is -2.87. The third-order valence-corrected chi connectivity index (χ3v) is 3.45. The fraction of sp³-hybridized carbons (Fsp3) is 0.235. The lowest BCUT2D eigenvalue weighted by Gasteiger charge is -2.09. The van der Waals surface area contributed by atoms with Gasteiger partial charge in [-0.2, -0.15) is 5.26 Å². The van der Waals surface area contributed by atoms with Gasteiger partial charge < -0.3 is 10.3 Å². The molecule has 2 N–H and O–H groups in total. The molecule has 1 aromatic carbocycles. The maximum Gasteiger partial charge on any atom is 0.248 e. The molecule has 1 aromatic heterocycles. The Labute approximate surface area is 128 Å². The van der Waals surface area contributed by atoms with Crippen molar-refractivity contribution >= 4 is 11.6 Å². The third-order valence-electron chi connectivity index (χ3n) is 3.45. The van der Waals surface area contributed by atoms with Crippen LogP contribution < -0.4 is 10.9 Å². The van der Waals surface area contributed by atoms with E-state index in [1.54, 1.807) is 6.92 Å². The highest BCUT2D eigenvalue weighted by molar-refractivity contribution is 5.91. The number of rotatable bonds is 4. The summed E-state index contributed by atoms with van der Waals surface area (Å²) in [6, 6.07) is 11.0. The Kier molecular flexibility index (Phi) is 4.74. The van der Waals surface area contributed by atoms with Crippen molar-refractivity contribution in [2.75, 3.05) is 5.32 Å². The molecule has 0 unspecified atom stereocenters. The van der Waals surface area contributed by atoms with Crippen LogP contribution in [0.3, 0.4) is 0 Å². The molecule has 0 radical (unpaired) electrons. The van der Waals surface area contributed by atoms with Gasteiger partial charge in [0.1, 0.15) is 6.07 Å². The van der Waals surface area contributed by atoms with Crippen LogP contribution >= 0.6 is 0 Å². The molecule has 0 aliphatic heterocycles. The molecule has 5 nitrogen and oxygen atoms in total. The molecule has 5 heteroatoms. The van der Waals surface area contributed by atoms with Crippen molar-refractivity contribution < 1.29 is 4.79 Å². The molecule has 0 fully saturated rings. The Morgan fingerprint density at radius 2 is 2.00 bits per heavy atom. The van der Waals surface area contributed by atoms with Gasteiger partial charge in [0.25, 0.3) is 0 Å². The lowest BCUT2D eigenvalue weighted by atomic mass is 10.1. The number of hydrogen-bond donors (Lipinski definition) is 2. The van der Waals surface area contributed by atoms with Crippen LogP contribution in [0.5, 0.6) is 0 Å². The molecule has 0 aliphatic rings. The van der Waals surface area contributed by atoms with E-state index in [1.807, 2.05) is 31.2 Å². The van der Waals surface area contributed by atoms with Gasteiger partial charge in [0, 0.05) is 23.9 Å². The van der Waals surface area contributed by atoms with Crippen molar-refractivity contribution in [2.24, 2.45) is 0 Å². The number of benzene rings is 1. The van der Waals surface area contributed by atoms with Crippen molar-refractivity contribution in [1.29, 1.82) is 5.26 Å². The number of carbonyl (C=O) groups excluding carboxylic acids is 1. The van der Waals surface area contributed by atoms with Gasteiger partial charge >= 0.3 is 0 Å². The topological polar surface area (TPSA) is 85.8 Å². The fourth-order valence-electron chi connectivity index (χ4n) is 2.26. The molecule has 22 heavy (non-hydrogen) atoms. The summed E-state index contributed by atoms with van der Waals surface area (Å²) >= 11 is 0. The van der Waals surface area contributed by atoms with Gasteiger partial charge in [-0.3, -0.25) is 9.59 Å². The van der Waals surface area contributed by atoms with Gasteiger partial charge in [0.05, 0.1) is 5.56 Å². The van der Waals surface area contributed by atoms with Gasteiger partial charge in [0.15, 0.2) is 0 Å². The van der Waals surface area contributed by atoms with Crippen LogP contribution in [-0.4, -0.2) is 10.9 Å². The predicted octanol–water partition coefficient (Wildman–Crippen LogP) is 2.43. The zero-order chi connectivity index (χ0) is 16.1. The molecule has 1 amide bonds. The number of hydrogen-bond acceptors (Lipinski definition) is 3. The van der Waals surface area contributed by atoms with E-state index in [4.69, 9.17) is 5.26 Å². The number of para-hydroxylation sites is 1. The first-order valence-electron chi connectivity index (χ1n) is 6.99. The van der Waals surface area contributed by atoms with Crippen molar-refractivity contribution in [3.8, 4) is 6.07 Å². The second kappa shape index (κ2) is 6.72. The monoisotopic (exact) mass is 295 g/mol. The number of aryl methyl sites for hydroxylation is 3. The molecule has 0 bridgehead atoms. The zero-order valence-electron chi connectivity index (χ0n) is 12.6. The summed E-state index contributed by atoms with van der Waals surface area (Å²) in [5.74, 6) is -0.152. The number of aromatic amines is 1. The molecule has 0 saturated carbocycles. The molecule has 112 valence electrons. The van der Waals surface area contributed by atoms with Gasteiger partial charge in [0.2, 0.25) is 11.5 Å². The average Bonchev–Trinajstić information content (AvgIpc) is 2.47. The zero-order valence-corrected chi connectivity index (χ0v) is 12.6. The average molecular weight is 295 g/mol. The van der Waals surface area contributed by atoms with E-state index in [1.165, 1.54) is 6.07 Å². The lowest BCUT2D eigenvalue weighted by molar-refractivity contribution is -0.116. The molecule has 2 rings (SSSR count). The van der Waals surface area contributed by atoms with E-state index >= 15 is 0 Å². The third kappa shape index (κ3) is 3.61. The number of nitrogens with zero attached hydrogens (tertiary/aromatic N) is 1. The minimum atomic E-state index is -0.259. The summed E-state index contributed by atoms with van der Waals surface area (Å²) in [7, 11) is 0. The van der Waals surface area contributed by atoms with Gasteiger partial charge in [-0.1, -0.05) is 18.2 Å². The number of H-pyrrole nitrogens is 1. The summed E-state index contributed by atoms with van der Waals surface area (Å²) in [6.45, 7) is 3.63. The molecule has 0 saturated heterocycles. The number of carbonyl (C=O) groups is 1. The van der Waals surface area contributed by atoms with Gasteiger partial charge in [-0.05, 0) is 37.5 Å².